The lowest BCUT2D eigenvalue weighted by Gasteiger charge is -2.28. The first-order valence-electron chi connectivity index (χ1n) is 6.37. The van der Waals surface area contributed by atoms with Crippen molar-refractivity contribution in [3.63, 3.8) is 0 Å². The Balaban J connectivity index is 2.07. The zero-order valence-corrected chi connectivity index (χ0v) is 10.3. The molecule has 0 radical (unpaired) electrons. The van der Waals surface area contributed by atoms with Gasteiger partial charge in [-0.1, -0.05) is 6.07 Å². The molecule has 3 rings (SSSR count). The third kappa shape index (κ3) is 1.87. The molecule has 0 unspecified atom stereocenters. The van der Waals surface area contributed by atoms with E-state index in [4.69, 9.17) is 0 Å². The molecule has 17 heavy (non-hydrogen) atoms. The highest BCUT2D eigenvalue weighted by atomic mass is 16.2. The Morgan fingerprint density at radius 2 is 1.71 bits per heavy atom. The van der Waals surface area contributed by atoms with E-state index in [0.29, 0.717) is 6.42 Å². The lowest BCUT2D eigenvalue weighted by Crippen LogP contribution is -2.32. The molecule has 3 nitrogen and oxygen atoms in total. The second kappa shape index (κ2) is 4.19. The number of rotatable bonds is 0. The van der Waals surface area contributed by atoms with Crippen LogP contribution in [0.4, 0.5) is 5.69 Å². The number of hydrogen-bond donors (Lipinski definition) is 1. The van der Waals surface area contributed by atoms with Gasteiger partial charge in [0.1, 0.15) is 0 Å². The first-order chi connectivity index (χ1) is 8.25. The minimum atomic E-state index is 0.240. The van der Waals surface area contributed by atoms with Gasteiger partial charge in [-0.25, -0.2) is 0 Å². The van der Waals surface area contributed by atoms with Crippen LogP contribution in [0.25, 0.3) is 0 Å². The van der Waals surface area contributed by atoms with Gasteiger partial charge >= 0.3 is 0 Å². The Kier molecular flexibility index (Phi) is 2.67. The SMILES string of the molecule is BN1C(=O)CCc2cc3c(cc21)CCNCC3. The van der Waals surface area contributed by atoms with Crippen LogP contribution in [0.5, 0.6) is 0 Å². The number of fused-ring (bicyclic) bond motifs is 2. The number of nitrogens with zero attached hydrogens (tertiary/aromatic N) is 1. The van der Waals surface area contributed by atoms with Gasteiger partial charge in [0.05, 0.1) is 0 Å². The number of nitrogens with one attached hydrogen (secondary N) is 1. The number of benzene rings is 1. The van der Waals surface area contributed by atoms with Crippen molar-refractivity contribution in [2.24, 2.45) is 0 Å². The smallest absolute Gasteiger partial charge is 0.227 e. The van der Waals surface area contributed by atoms with Gasteiger partial charge in [-0.05, 0) is 55.1 Å². The summed E-state index contributed by atoms with van der Waals surface area (Å²) in [5.74, 6) is 0.240. The number of anilines is 1. The standard InChI is InChI=1S/C13H17BN2O/c14-16-12-8-10-4-6-15-5-3-9(10)7-11(12)1-2-13(16)17/h7-8,15H,1-6,14H2. The fourth-order valence-corrected chi connectivity index (χ4v) is 2.82. The van der Waals surface area contributed by atoms with Crippen molar-refractivity contribution in [3.05, 3.63) is 28.8 Å². The molecule has 1 aromatic carbocycles. The second-order valence-corrected chi connectivity index (χ2v) is 4.95. The summed E-state index contributed by atoms with van der Waals surface area (Å²) in [5.41, 5.74) is 5.35. The number of amides is 1. The van der Waals surface area contributed by atoms with Crippen molar-refractivity contribution >= 4 is 19.6 Å². The molecular formula is C13H17BN2O. The fraction of sp³-hybridized carbons (Fsp3) is 0.462. The molecule has 0 aliphatic carbocycles. The van der Waals surface area contributed by atoms with Crippen LogP contribution in [0, 0.1) is 0 Å². The first kappa shape index (κ1) is 10.8. The third-order valence-electron chi connectivity index (χ3n) is 3.89. The Bertz CT molecular complexity index is 473. The van der Waals surface area contributed by atoms with Crippen LogP contribution < -0.4 is 10.1 Å². The van der Waals surface area contributed by atoms with Crippen LogP contribution in [0.2, 0.25) is 0 Å². The Hall–Kier alpha value is -1.29. The molecule has 0 bridgehead atoms. The highest BCUT2D eigenvalue weighted by molar-refractivity contribution is 6.31. The predicted octanol–water partition coefficient (Wildman–Crippen LogP) is 0.202. The van der Waals surface area contributed by atoms with E-state index in [9.17, 15) is 4.79 Å². The van der Waals surface area contributed by atoms with Gasteiger partial charge in [0.15, 0.2) is 0 Å². The Labute approximate surface area is 103 Å². The van der Waals surface area contributed by atoms with E-state index in [-0.39, 0.29) is 5.91 Å². The molecule has 0 fully saturated rings. The summed E-state index contributed by atoms with van der Waals surface area (Å²) >= 11 is 0. The molecule has 1 aromatic rings. The minimum Gasteiger partial charge on any atom is -0.365 e. The highest BCUT2D eigenvalue weighted by Crippen LogP contribution is 2.30. The van der Waals surface area contributed by atoms with Crippen molar-refractivity contribution in [1.82, 2.24) is 5.32 Å². The van der Waals surface area contributed by atoms with Crippen LogP contribution in [-0.4, -0.2) is 27.0 Å². The Morgan fingerprint density at radius 1 is 1.00 bits per heavy atom. The minimum absolute atomic E-state index is 0.240. The van der Waals surface area contributed by atoms with E-state index < -0.39 is 0 Å². The van der Waals surface area contributed by atoms with E-state index in [0.717, 1.165) is 38.0 Å². The van der Waals surface area contributed by atoms with Crippen molar-refractivity contribution in [3.8, 4) is 0 Å². The second-order valence-electron chi connectivity index (χ2n) is 4.95. The maximum absolute atomic E-state index is 11.7. The number of aryl methyl sites for hydroxylation is 1. The molecular weight excluding hydrogens is 211 g/mol. The van der Waals surface area contributed by atoms with E-state index in [1.165, 1.54) is 16.7 Å². The van der Waals surface area contributed by atoms with E-state index in [2.05, 4.69) is 17.4 Å². The van der Waals surface area contributed by atoms with Gasteiger partial charge in [0.2, 0.25) is 13.9 Å². The molecule has 0 aromatic heterocycles. The summed E-state index contributed by atoms with van der Waals surface area (Å²) in [6, 6.07) is 4.55. The van der Waals surface area contributed by atoms with E-state index in [1.807, 2.05) is 12.8 Å². The van der Waals surface area contributed by atoms with Gasteiger partial charge in [-0.15, -0.1) is 0 Å². The van der Waals surface area contributed by atoms with Crippen LogP contribution in [0.1, 0.15) is 23.1 Å². The van der Waals surface area contributed by atoms with Gasteiger partial charge in [0, 0.05) is 12.1 Å². The largest absolute Gasteiger partial charge is 0.365 e. The van der Waals surface area contributed by atoms with E-state index in [1.54, 1.807) is 0 Å². The summed E-state index contributed by atoms with van der Waals surface area (Å²) in [6.45, 7) is 2.12. The summed E-state index contributed by atoms with van der Waals surface area (Å²) < 4.78 is 0. The first-order valence-corrected chi connectivity index (χ1v) is 6.37. The molecule has 1 amide bonds. The summed E-state index contributed by atoms with van der Waals surface area (Å²) in [6.07, 6.45) is 3.74. The molecule has 0 atom stereocenters. The molecule has 2 heterocycles. The summed E-state index contributed by atoms with van der Waals surface area (Å²) in [7, 11) is 1.89. The molecule has 0 saturated heterocycles. The van der Waals surface area contributed by atoms with E-state index >= 15 is 0 Å². The van der Waals surface area contributed by atoms with Crippen LogP contribution >= 0.6 is 0 Å². The average Bonchev–Trinajstić information content (AvgIpc) is 2.57. The van der Waals surface area contributed by atoms with Gasteiger partial charge in [-0.2, -0.15) is 0 Å². The number of hydrogen-bond acceptors (Lipinski definition) is 2. The molecule has 88 valence electrons. The molecule has 0 spiro atoms. The summed E-state index contributed by atoms with van der Waals surface area (Å²) in [5, 5.41) is 3.42. The molecule has 1 N–H and O–H groups in total. The quantitative estimate of drug-likeness (QED) is 0.643. The maximum Gasteiger partial charge on any atom is 0.227 e. The van der Waals surface area contributed by atoms with Crippen molar-refractivity contribution in [2.75, 3.05) is 17.9 Å². The van der Waals surface area contributed by atoms with Crippen LogP contribution in [-0.2, 0) is 24.1 Å². The highest BCUT2D eigenvalue weighted by Gasteiger charge is 2.22. The Morgan fingerprint density at radius 3 is 2.47 bits per heavy atom. The molecule has 2 aliphatic rings. The van der Waals surface area contributed by atoms with Crippen molar-refractivity contribution in [1.29, 1.82) is 0 Å². The third-order valence-corrected chi connectivity index (χ3v) is 3.89. The van der Waals surface area contributed by atoms with Crippen molar-refractivity contribution in [2.45, 2.75) is 25.7 Å². The zero-order valence-electron chi connectivity index (χ0n) is 10.3. The average molecular weight is 228 g/mol. The topological polar surface area (TPSA) is 32.3 Å². The lowest BCUT2D eigenvalue weighted by atomic mass is 9.92. The predicted molar refractivity (Wildman–Crippen MR) is 71.1 cm³/mol. The van der Waals surface area contributed by atoms with Crippen molar-refractivity contribution < 1.29 is 4.79 Å². The summed E-state index contributed by atoms with van der Waals surface area (Å²) in [4.78, 5) is 13.5. The zero-order chi connectivity index (χ0) is 11.8. The monoisotopic (exact) mass is 228 g/mol. The maximum atomic E-state index is 11.7. The molecule has 0 saturated carbocycles. The normalized spacial score (nSPS) is 19.5. The van der Waals surface area contributed by atoms with Gasteiger partial charge in [-0.3, -0.25) is 4.79 Å². The van der Waals surface area contributed by atoms with Gasteiger partial charge in [0.25, 0.3) is 0 Å². The van der Waals surface area contributed by atoms with Crippen LogP contribution in [0.15, 0.2) is 12.1 Å². The fourth-order valence-electron chi connectivity index (χ4n) is 2.82. The molecule has 2 aliphatic heterocycles. The van der Waals surface area contributed by atoms with Gasteiger partial charge < -0.3 is 10.1 Å². The number of carbonyl (C=O) groups is 1. The molecule has 4 heteroatoms. The lowest BCUT2D eigenvalue weighted by molar-refractivity contribution is -0.117. The number of carbonyl (C=O) groups excluding carboxylic acids is 1. The van der Waals surface area contributed by atoms with Crippen LogP contribution in [0.3, 0.4) is 0 Å².